The Bertz CT molecular complexity index is 837. The third kappa shape index (κ3) is 3.13. The van der Waals surface area contributed by atoms with E-state index in [0.717, 1.165) is 40.1 Å². The average Bonchev–Trinajstić information content (AvgIpc) is 2.54. The van der Waals surface area contributed by atoms with Crippen molar-refractivity contribution < 1.29 is 4.39 Å². The van der Waals surface area contributed by atoms with Gasteiger partial charge in [-0.05, 0) is 67.5 Å². The molecule has 24 heavy (non-hydrogen) atoms. The van der Waals surface area contributed by atoms with Crippen LogP contribution in [0.1, 0.15) is 40.3 Å². The Kier molecular flexibility index (Phi) is 4.29. The van der Waals surface area contributed by atoms with E-state index in [9.17, 15) is 4.39 Å². The summed E-state index contributed by atoms with van der Waals surface area (Å²) in [5.41, 5.74) is 16.7. The normalized spacial score (nSPS) is 18.3. The first kappa shape index (κ1) is 16.1. The van der Waals surface area contributed by atoms with Crippen LogP contribution in [0.4, 0.5) is 4.39 Å². The molecule has 3 rings (SSSR count). The van der Waals surface area contributed by atoms with Gasteiger partial charge in [-0.15, -0.1) is 5.10 Å². The summed E-state index contributed by atoms with van der Waals surface area (Å²) >= 11 is 0. The molecule has 1 aliphatic carbocycles. The highest BCUT2D eigenvalue weighted by Gasteiger charge is 2.28. The highest BCUT2D eigenvalue weighted by atomic mass is 19.1. The van der Waals surface area contributed by atoms with Gasteiger partial charge in [-0.1, -0.05) is 6.07 Å². The Morgan fingerprint density at radius 3 is 2.71 bits per heavy atom. The number of guanidine groups is 1. The molecule has 0 unspecified atom stereocenters. The summed E-state index contributed by atoms with van der Waals surface area (Å²) < 4.78 is 13.7. The number of pyridine rings is 1. The van der Waals surface area contributed by atoms with Gasteiger partial charge in [0.25, 0.3) is 0 Å². The molecule has 6 heteroatoms. The molecule has 0 fully saturated rings. The maximum atomic E-state index is 13.7. The summed E-state index contributed by atoms with van der Waals surface area (Å²) in [6.45, 7) is 4.00. The fourth-order valence-corrected chi connectivity index (χ4v) is 3.28. The zero-order valence-corrected chi connectivity index (χ0v) is 13.8. The van der Waals surface area contributed by atoms with Crippen molar-refractivity contribution in [2.75, 3.05) is 0 Å². The number of rotatable bonds is 2. The molecule has 4 N–H and O–H groups in total. The number of nitrogens with two attached hydrogens (primary N) is 2. The maximum Gasteiger partial charge on any atom is 0.211 e. The molecule has 2 aromatic rings. The van der Waals surface area contributed by atoms with Crippen LogP contribution >= 0.6 is 0 Å². The molecule has 1 aromatic heterocycles. The first-order valence-electron chi connectivity index (χ1n) is 7.82. The molecule has 0 amide bonds. The van der Waals surface area contributed by atoms with E-state index in [-0.39, 0.29) is 17.7 Å². The minimum Gasteiger partial charge on any atom is -0.369 e. The highest BCUT2D eigenvalue weighted by molar-refractivity contribution is 6.04. The second-order valence-corrected chi connectivity index (χ2v) is 6.13. The number of hydrogen-bond donors (Lipinski definition) is 2. The standard InChI is InChI=1S/C18H20FN5/c1-10-3-4-13(19)9-14(10)12-7-15-17(11(2)5-6-22-15)16(8-12)23-24-18(20)21/h3-6,9,12H,7-8H2,1-2H3,(H4,20,21,24)/b23-16+/t12-/m1/s1. The van der Waals surface area contributed by atoms with Crippen molar-refractivity contribution in [3.8, 4) is 0 Å². The third-order valence-electron chi connectivity index (χ3n) is 4.37. The van der Waals surface area contributed by atoms with E-state index in [0.29, 0.717) is 6.42 Å². The number of aryl methyl sites for hydroxylation is 2. The minimum atomic E-state index is -0.235. The van der Waals surface area contributed by atoms with Gasteiger partial charge >= 0.3 is 0 Å². The van der Waals surface area contributed by atoms with E-state index in [2.05, 4.69) is 15.2 Å². The Hall–Kier alpha value is -2.76. The largest absolute Gasteiger partial charge is 0.369 e. The predicted octanol–water partition coefficient (Wildman–Crippen LogP) is 2.55. The van der Waals surface area contributed by atoms with Crippen molar-refractivity contribution in [1.82, 2.24) is 4.98 Å². The molecule has 1 atom stereocenters. The fourth-order valence-electron chi connectivity index (χ4n) is 3.28. The first-order valence-corrected chi connectivity index (χ1v) is 7.82. The van der Waals surface area contributed by atoms with E-state index >= 15 is 0 Å². The Morgan fingerprint density at radius 2 is 1.96 bits per heavy atom. The predicted molar refractivity (Wildman–Crippen MR) is 93.5 cm³/mol. The van der Waals surface area contributed by atoms with Crippen molar-refractivity contribution >= 4 is 11.7 Å². The number of hydrogen-bond acceptors (Lipinski definition) is 3. The number of benzene rings is 1. The van der Waals surface area contributed by atoms with Crippen LogP contribution in [0.5, 0.6) is 0 Å². The van der Waals surface area contributed by atoms with Gasteiger partial charge in [-0.2, -0.15) is 5.10 Å². The summed E-state index contributed by atoms with van der Waals surface area (Å²) in [7, 11) is 0. The topological polar surface area (TPSA) is 89.6 Å². The Balaban J connectivity index is 2.10. The van der Waals surface area contributed by atoms with Gasteiger partial charge in [0.2, 0.25) is 5.96 Å². The van der Waals surface area contributed by atoms with Gasteiger partial charge in [0.15, 0.2) is 0 Å². The van der Waals surface area contributed by atoms with Gasteiger partial charge in [0.1, 0.15) is 5.82 Å². The van der Waals surface area contributed by atoms with Crippen LogP contribution in [-0.4, -0.2) is 16.7 Å². The molecule has 0 aliphatic heterocycles. The maximum absolute atomic E-state index is 13.7. The van der Waals surface area contributed by atoms with Crippen LogP contribution in [0.25, 0.3) is 0 Å². The number of fused-ring (bicyclic) bond motifs is 1. The van der Waals surface area contributed by atoms with Gasteiger partial charge < -0.3 is 11.5 Å². The van der Waals surface area contributed by atoms with E-state index in [4.69, 9.17) is 11.5 Å². The SMILES string of the molecule is Cc1ccc(F)cc1[C@H]1C/C(=N\N=C(N)N)c2c(C)ccnc2C1. The van der Waals surface area contributed by atoms with E-state index < -0.39 is 0 Å². The molecule has 0 radical (unpaired) electrons. The van der Waals surface area contributed by atoms with Crippen molar-refractivity contribution in [1.29, 1.82) is 0 Å². The van der Waals surface area contributed by atoms with Gasteiger partial charge in [0.05, 0.1) is 11.4 Å². The molecule has 0 bridgehead atoms. The van der Waals surface area contributed by atoms with Crippen LogP contribution in [0.3, 0.4) is 0 Å². The van der Waals surface area contributed by atoms with E-state index in [1.54, 1.807) is 18.3 Å². The smallest absolute Gasteiger partial charge is 0.211 e. The lowest BCUT2D eigenvalue weighted by molar-refractivity contribution is 0.612. The summed E-state index contributed by atoms with van der Waals surface area (Å²) in [6, 6.07) is 6.82. The van der Waals surface area contributed by atoms with Gasteiger partial charge in [-0.3, -0.25) is 4.98 Å². The van der Waals surface area contributed by atoms with Crippen LogP contribution in [-0.2, 0) is 6.42 Å². The van der Waals surface area contributed by atoms with Crippen LogP contribution in [0, 0.1) is 19.7 Å². The number of nitrogens with zero attached hydrogens (tertiary/aromatic N) is 3. The summed E-state index contributed by atoms with van der Waals surface area (Å²) in [5, 5.41) is 8.05. The molecule has 1 aliphatic rings. The molecule has 0 saturated heterocycles. The summed E-state index contributed by atoms with van der Waals surface area (Å²) in [5.74, 6) is -0.230. The third-order valence-corrected chi connectivity index (χ3v) is 4.37. The lowest BCUT2D eigenvalue weighted by Gasteiger charge is -2.27. The zero-order valence-electron chi connectivity index (χ0n) is 13.8. The van der Waals surface area contributed by atoms with Crippen molar-refractivity contribution in [2.24, 2.45) is 21.7 Å². The minimum absolute atomic E-state index is 0.0883. The molecule has 5 nitrogen and oxygen atoms in total. The number of halogens is 1. The summed E-state index contributed by atoms with van der Waals surface area (Å²) in [4.78, 5) is 4.50. The van der Waals surface area contributed by atoms with Gasteiger partial charge in [0, 0.05) is 11.8 Å². The monoisotopic (exact) mass is 325 g/mol. The second kappa shape index (κ2) is 6.39. The Labute approximate surface area is 140 Å². The van der Waals surface area contributed by atoms with E-state index in [1.165, 1.54) is 6.07 Å². The van der Waals surface area contributed by atoms with Crippen molar-refractivity contribution in [2.45, 2.75) is 32.6 Å². The molecular weight excluding hydrogens is 305 g/mol. The first-order chi connectivity index (χ1) is 11.5. The lowest BCUT2D eigenvalue weighted by Crippen LogP contribution is -2.24. The molecule has 1 heterocycles. The average molecular weight is 325 g/mol. The molecule has 0 saturated carbocycles. The number of aromatic nitrogens is 1. The van der Waals surface area contributed by atoms with Crippen molar-refractivity contribution in [3.05, 3.63) is 64.2 Å². The van der Waals surface area contributed by atoms with Crippen LogP contribution in [0.15, 0.2) is 40.7 Å². The lowest BCUT2D eigenvalue weighted by atomic mass is 9.79. The molecule has 1 aromatic carbocycles. The van der Waals surface area contributed by atoms with Crippen LogP contribution in [0.2, 0.25) is 0 Å². The molecule has 124 valence electrons. The van der Waals surface area contributed by atoms with E-state index in [1.807, 2.05) is 19.9 Å². The second-order valence-electron chi connectivity index (χ2n) is 6.13. The molecular formula is C18H20FN5. The summed E-state index contributed by atoms with van der Waals surface area (Å²) in [6.07, 6.45) is 3.16. The highest BCUT2D eigenvalue weighted by Crippen LogP contribution is 2.35. The zero-order chi connectivity index (χ0) is 17.3. The Morgan fingerprint density at radius 1 is 1.17 bits per heavy atom. The van der Waals surface area contributed by atoms with Crippen LogP contribution < -0.4 is 11.5 Å². The fraction of sp³-hybridized carbons (Fsp3) is 0.278. The quantitative estimate of drug-likeness (QED) is 0.505. The van der Waals surface area contributed by atoms with Gasteiger partial charge in [-0.25, -0.2) is 4.39 Å². The molecule has 0 spiro atoms. The van der Waals surface area contributed by atoms with Crippen molar-refractivity contribution in [3.63, 3.8) is 0 Å².